The smallest absolute Gasteiger partial charge is 0.161 e. The molecule has 174 valence electrons. The molecule has 10 heteroatoms. The van der Waals surface area contributed by atoms with Crippen LogP contribution in [0.3, 0.4) is 0 Å². The van der Waals surface area contributed by atoms with Crippen LogP contribution in [-0.2, 0) is 6.54 Å². The molecular formula is C25H24N10. The van der Waals surface area contributed by atoms with E-state index in [1.807, 2.05) is 42.3 Å². The van der Waals surface area contributed by atoms with Crippen LogP contribution in [0.5, 0.6) is 0 Å². The molecule has 10 nitrogen and oxygen atoms in total. The van der Waals surface area contributed by atoms with Crippen molar-refractivity contribution >= 4 is 22.2 Å². The third-order valence-corrected chi connectivity index (χ3v) is 6.19. The number of aromatic nitrogens is 9. The van der Waals surface area contributed by atoms with Gasteiger partial charge in [0.1, 0.15) is 11.2 Å². The average molecular weight is 465 g/mol. The second-order valence-electron chi connectivity index (χ2n) is 8.48. The molecule has 0 amide bonds. The van der Waals surface area contributed by atoms with Crippen molar-refractivity contribution in [3.8, 4) is 28.3 Å². The maximum Gasteiger partial charge on any atom is 0.161 e. The van der Waals surface area contributed by atoms with Crippen molar-refractivity contribution in [1.29, 1.82) is 0 Å². The molecule has 0 aliphatic rings. The van der Waals surface area contributed by atoms with Gasteiger partial charge in [0.25, 0.3) is 0 Å². The van der Waals surface area contributed by atoms with Gasteiger partial charge in [-0.05, 0) is 43.7 Å². The fourth-order valence-electron chi connectivity index (χ4n) is 4.30. The van der Waals surface area contributed by atoms with Crippen LogP contribution in [0.1, 0.15) is 23.7 Å². The van der Waals surface area contributed by atoms with Gasteiger partial charge in [-0.25, -0.2) is 19.9 Å². The summed E-state index contributed by atoms with van der Waals surface area (Å²) in [6.45, 7) is 7.86. The highest BCUT2D eigenvalue weighted by Crippen LogP contribution is 2.31. The summed E-state index contributed by atoms with van der Waals surface area (Å²) >= 11 is 0. The minimum Gasteiger partial charge on any atom is -0.321 e. The first-order valence-electron chi connectivity index (χ1n) is 11.5. The Hall–Kier alpha value is -4.44. The Morgan fingerprint density at radius 2 is 1.97 bits per heavy atom. The highest BCUT2D eigenvalue weighted by molar-refractivity contribution is 5.94. The highest BCUT2D eigenvalue weighted by Gasteiger charge is 2.18. The number of H-pyrrole nitrogens is 2. The Labute approximate surface area is 200 Å². The zero-order valence-electron chi connectivity index (χ0n) is 19.7. The number of fused-ring (bicyclic) bond motifs is 2. The Morgan fingerprint density at radius 3 is 2.80 bits per heavy atom. The second-order valence-corrected chi connectivity index (χ2v) is 8.48. The molecule has 6 aromatic rings. The fourth-order valence-corrected chi connectivity index (χ4v) is 4.30. The number of aryl methyl sites for hydroxylation is 1. The van der Waals surface area contributed by atoms with Crippen molar-refractivity contribution in [2.24, 2.45) is 0 Å². The predicted octanol–water partition coefficient (Wildman–Crippen LogP) is 3.87. The van der Waals surface area contributed by atoms with E-state index in [1.165, 1.54) is 11.1 Å². The van der Waals surface area contributed by atoms with Gasteiger partial charge in [0.2, 0.25) is 0 Å². The van der Waals surface area contributed by atoms with Crippen LogP contribution in [0.2, 0.25) is 0 Å². The van der Waals surface area contributed by atoms with E-state index in [9.17, 15) is 0 Å². The number of hydrogen-bond donors (Lipinski definition) is 3. The lowest BCUT2D eigenvalue weighted by Gasteiger charge is -2.11. The van der Waals surface area contributed by atoms with Crippen molar-refractivity contribution < 1.29 is 0 Å². The quantitative estimate of drug-likeness (QED) is 0.342. The van der Waals surface area contributed by atoms with Gasteiger partial charge in [0.05, 0.1) is 23.1 Å². The Bertz CT molecular complexity index is 1670. The van der Waals surface area contributed by atoms with Gasteiger partial charge in [0, 0.05) is 48.7 Å². The molecule has 0 saturated carbocycles. The van der Waals surface area contributed by atoms with Crippen molar-refractivity contribution in [3.05, 3.63) is 66.3 Å². The first-order chi connectivity index (χ1) is 17.1. The van der Waals surface area contributed by atoms with Crippen LogP contribution in [0, 0.1) is 13.8 Å². The molecule has 0 radical (unpaired) electrons. The number of imidazole rings is 2. The SMILES string of the molecule is CCNCc1cncc(-c2cnc3[nH]nc(-c4nc5c(-n6cnc(C)c6)ccnc5[nH]4)c3c2)c1C. The highest BCUT2D eigenvalue weighted by atomic mass is 15.2. The Morgan fingerprint density at radius 1 is 1.06 bits per heavy atom. The van der Waals surface area contributed by atoms with Gasteiger partial charge in [0.15, 0.2) is 17.1 Å². The van der Waals surface area contributed by atoms with Crippen molar-refractivity contribution in [2.45, 2.75) is 27.3 Å². The molecule has 0 atom stereocenters. The van der Waals surface area contributed by atoms with E-state index >= 15 is 0 Å². The minimum atomic E-state index is 0.623. The van der Waals surface area contributed by atoms with Gasteiger partial charge >= 0.3 is 0 Å². The number of rotatable bonds is 6. The van der Waals surface area contributed by atoms with E-state index < -0.39 is 0 Å². The van der Waals surface area contributed by atoms with Crippen LogP contribution in [0.15, 0.2) is 49.4 Å². The van der Waals surface area contributed by atoms with Gasteiger partial charge < -0.3 is 14.9 Å². The Balaban J connectivity index is 1.46. The summed E-state index contributed by atoms with van der Waals surface area (Å²) in [5.41, 5.74) is 9.02. The molecule has 0 unspecified atom stereocenters. The van der Waals surface area contributed by atoms with Gasteiger partial charge in [-0.1, -0.05) is 6.92 Å². The van der Waals surface area contributed by atoms with E-state index in [4.69, 9.17) is 4.98 Å². The first kappa shape index (κ1) is 21.1. The fraction of sp³-hybridized carbons (Fsp3) is 0.200. The van der Waals surface area contributed by atoms with Gasteiger partial charge in [-0.15, -0.1) is 0 Å². The topological polar surface area (TPSA) is 126 Å². The monoisotopic (exact) mass is 464 g/mol. The zero-order chi connectivity index (χ0) is 23.9. The van der Waals surface area contributed by atoms with Crippen LogP contribution < -0.4 is 5.32 Å². The minimum absolute atomic E-state index is 0.623. The molecule has 6 rings (SSSR count). The third-order valence-electron chi connectivity index (χ3n) is 6.19. The van der Waals surface area contributed by atoms with E-state index in [0.29, 0.717) is 22.8 Å². The molecule has 0 aromatic carbocycles. The number of aromatic amines is 2. The van der Waals surface area contributed by atoms with Gasteiger partial charge in [-0.3, -0.25) is 10.1 Å². The third kappa shape index (κ3) is 3.64. The van der Waals surface area contributed by atoms with Gasteiger partial charge in [-0.2, -0.15) is 5.10 Å². The molecule has 0 bridgehead atoms. The second kappa shape index (κ2) is 8.41. The standard InChI is InChI=1S/C25H24N10/c1-4-26-8-17-9-27-11-19(15(17)3)16-7-18-21(33-34-23(18)29-10-16)25-31-22-20(5-6-28-24(22)32-25)35-12-14(2)30-13-35/h5-7,9-13,26H,4,8H2,1-3H3,(H,28,31,32)(H,29,33,34). The van der Waals surface area contributed by atoms with E-state index in [0.717, 1.165) is 46.5 Å². The predicted molar refractivity (Wildman–Crippen MR) is 134 cm³/mol. The van der Waals surface area contributed by atoms with Crippen molar-refractivity contribution in [2.75, 3.05) is 6.54 Å². The molecule has 0 aliphatic heterocycles. The van der Waals surface area contributed by atoms with Crippen LogP contribution >= 0.6 is 0 Å². The number of pyridine rings is 3. The molecule has 6 aromatic heterocycles. The summed E-state index contributed by atoms with van der Waals surface area (Å²) in [6, 6.07) is 4.01. The normalized spacial score (nSPS) is 11.6. The van der Waals surface area contributed by atoms with Crippen LogP contribution in [0.4, 0.5) is 0 Å². The molecule has 0 saturated heterocycles. The molecule has 35 heavy (non-hydrogen) atoms. The van der Waals surface area contributed by atoms with E-state index in [1.54, 1.807) is 12.5 Å². The molecule has 0 aliphatic carbocycles. The maximum atomic E-state index is 4.86. The van der Waals surface area contributed by atoms with Crippen molar-refractivity contribution in [1.82, 2.24) is 50.0 Å². The van der Waals surface area contributed by atoms with Crippen LogP contribution in [-0.4, -0.2) is 51.2 Å². The lowest BCUT2D eigenvalue weighted by molar-refractivity contribution is 0.721. The molecular weight excluding hydrogens is 440 g/mol. The molecule has 0 spiro atoms. The van der Waals surface area contributed by atoms with E-state index in [-0.39, 0.29) is 0 Å². The summed E-state index contributed by atoms with van der Waals surface area (Å²) in [5.74, 6) is 0.623. The first-order valence-corrected chi connectivity index (χ1v) is 11.5. The summed E-state index contributed by atoms with van der Waals surface area (Å²) in [6.07, 6.45) is 11.1. The summed E-state index contributed by atoms with van der Waals surface area (Å²) < 4.78 is 1.95. The number of nitrogens with one attached hydrogen (secondary N) is 3. The maximum absolute atomic E-state index is 4.86. The zero-order valence-corrected chi connectivity index (χ0v) is 19.7. The molecule has 6 heterocycles. The summed E-state index contributed by atoms with van der Waals surface area (Å²) in [4.78, 5) is 26.1. The summed E-state index contributed by atoms with van der Waals surface area (Å²) in [7, 11) is 0. The van der Waals surface area contributed by atoms with Crippen molar-refractivity contribution in [3.63, 3.8) is 0 Å². The lowest BCUT2D eigenvalue weighted by Crippen LogP contribution is -2.13. The molecule has 0 fully saturated rings. The van der Waals surface area contributed by atoms with Crippen LogP contribution in [0.25, 0.3) is 50.5 Å². The van der Waals surface area contributed by atoms with E-state index in [2.05, 4.69) is 60.3 Å². The number of nitrogens with zero attached hydrogens (tertiary/aromatic N) is 7. The molecule has 3 N–H and O–H groups in total. The lowest BCUT2D eigenvalue weighted by atomic mass is 9.99. The summed E-state index contributed by atoms with van der Waals surface area (Å²) in [5, 5.41) is 11.8. The largest absolute Gasteiger partial charge is 0.321 e. The number of hydrogen-bond acceptors (Lipinski definition) is 7. The average Bonchev–Trinajstić information content (AvgIpc) is 3.60. The Kier molecular flexibility index (Phi) is 5.07.